The maximum atomic E-state index is 12.6. The lowest BCUT2D eigenvalue weighted by molar-refractivity contribution is -0.115. The largest absolute Gasteiger partial charge is 0.372 e. The van der Waals surface area contributed by atoms with Gasteiger partial charge in [-0.1, -0.05) is 18.2 Å². The lowest BCUT2D eigenvalue weighted by Crippen LogP contribution is -2.36. The molecule has 2 aromatic carbocycles. The van der Waals surface area contributed by atoms with Crippen LogP contribution in [0.25, 0.3) is 0 Å². The third-order valence-corrected chi connectivity index (χ3v) is 5.50. The van der Waals surface area contributed by atoms with Gasteiger partial charge in [0, 0.05) is 36.7 Å². The van der Waals surface area contributed by atoms with E-state index in [1.807, 2.05) is 6.07 Å². The van der Waals surface area contributed by atoms with Gasteiger partial charge in [-0.15, -0.1) is 0 Å². The van der Waals surface area contributed by atoms with E-state index in [1.165, 1.54) is 29.8 Å². The molecule has 0 atom stereocenters. The zero-order valence-corrected chi connectivity index (χ0v) is 15.5. The molecule has 136 valence electrons. The highest BCUT2D eigenvalue weighted by Crippen LogP contribution is 2.27. The van der Waals surface area contributed by atoms with Crippen LogP contribution in [0.4, 0.5) is 17.1 Å². The fraction of sp³-hybridized carbons (Fsp3) is 0.409. The Morgan fingerprint density at radius 2 is 1.85 bits per heavy atom. The molecule has 0 radical (unpaired) electrons. The molecule has 0 aliphatic carbocycles. The zero-order chi connectivity index (χ0) is 17.9. The van der Waals surface area contributed by atoms with E-state index in [0.29, 0.717) is 6.54 Å². The van der Waals surface area contributed by atoms with Gasteiger partial charge < -0.3 is 15.1 Å². The topological polar surface area (TPSA) is 35.6 Å². The van der Waals surface area contributed by atoms with Crippen molar-refractivity contribution in [2.24, 2.45) is 0 Å². The van der Waals surface area contributed by atoms with E-state index >= 15 is 0 Å². The van der Waals surface area contributed by atoms with Gasteiger partial charge in [-0.05, 0) is 68.0 Å². The second-order valence-corrected chi connectivity index (χ2v) is 7.40. The average molecular weight is 349 g/mol. The molecule has 0 aromatic heterocycles. The van der Waals surface area contributed by atoms with Crippen LogP contribution in [0, 0.1) is 6.92 Å². The SMILES string of the molecule is Cc1cc(N2CCCC2)ccc1NC(=O)CN1CCCc2ccccc21. The molecular formula is C22H27N3O. The van der Waals surface area contributed by atoms with E-state index in [-0.39, 0.29) is 5.91 Å². The number of carbonyl (C=O) groups is 1. The van der Waals surface area contributed by atoms with E-state index in [4.69, 9.17) is 0 Å². The van der Waals surface area contributed by atoms with Crippen LogP contribution in [0.3, 0.4) is 0 Å². The van der Waals surface area contributed by atoms with Gasteiger partial charge in [0.25, 0.3) is 0 Å². The summed E-state index contributed by atoms with van der Waals surface area (Å²) in [6.45, 7) is 5.70. The number of amides is 1. The quantitative estimate of drug-likeness (QED) is 0.907. The number of fused-ring (bicyclic) bond motifs is 1. The molecule has 1 N–H and O–H groups in total. The van der Waals surface area contributed by atoms with Crippen LogP contribution >= 0.6 is 0 Å². The molecule has 0 saturated carbocycles. The van der Waals surface area contributed by atoms with E-state index in [2.05, 4.69) is 58.4 Å². The third kappa shape index (κ3) is 3.55. The smallest absolute Gasteiger partial charge is 0.243 e. The highest BCUT2D eigenvalue weighted by atomic mass is 16.2. The summed E-state index contributed by atoms with van der Waals surface area (Å²) in [5.74, 6) is 0.0544. The second kappa shape index (κ2) is 7.40. The lowest BCUT2D eigenvalue weighted by atomic mass is 10.0. The molecule has 2 aliphatic heterocycles. The first-order chi connectivity index (χ1) is 12.7. The number of nitrogens with zero attached hydrogens (tertiary/aromatic N) is 2. The molecular weight excluding hydrogens is 322 g/mol. The molecule has 4 nitrogen and oxygen atoms in total. The van der Waals surface area contributed by atoms with Crippen LogP contribution in [0.2, 0.25) is 0 Å². The minimum Gasteiger partial charge on any atom is -0.372 e. The van der Waals surface area contributed by atoms with Gasteiger partial charge in [-0.3, -0.25) is 4.79 Å². The summed E-state index contributed by atoms with van der Waals surface area (Å²) >= 11 is 0. The Hall–Kier alpha value is -2.49. The number of hydrogen-bond acceptors (Lipinski definition) is 3. The lowest BCUT2D eigenvalue weighted by Gasteiger charge is -2.30. The summed E-state index contributed by atoms with van der Waals surface area (Å²) < 4.78 is 0. The van der Waals surface area contributed by atoms with Crippen molar-refractivity contribution in [3.63, 3.8) is 0 Å². The third-order valence-electron chi connectivity index (χ3n) is 5.50. The summed E-state index contributed by atoms with van der Waals surface area (Å²) in [6.07, 6.45) is 4.75. The number of benzene rings is 2. The van der Waals surface area contributed by atoms with Crippen LogP contribution in [0.15, 0.2) is 42.5 Å². The Morgan fingerprint density at radius 3 is 2.65 bits per heavy atom. The summed E-state index contributed by atoms with van der Waals surface area (Å²) in [7, 11) is 0. The predicted octanol–water partition coefficient (Wildman–Crippen LogP) is 3.99. The molecule has 2 aromatic rings. The molecule has 2 heterocycles. The molecule has 1 amide bonds. The number of nitrogens with one attached hydrogen (secondary N) is 1. The summed E-state index contributed by atoms with van der Waals surface area (Å²) in [5.41, 5.74) is 5.86. The molecule has 0 spiro atoms. The maximum absolute atomic E-state index is 12.6. The first-order valence-electron chi connectivity index (χ1n) is 9.69. The minimum absolute atomic E-state index is 0.0544. The van der Waals surface area contributed by atoms with Crippen molar-refractivity contribution < 1.29 is 4.79 Å². The minimum atomic E-state index is 0.0544. The van der Waals surface area contributed by atoms with Crippen molar-refractivity contribution in [1.29, 1.82) is 0 Å². The Kier molecular flexibility index (Phi) is 4.83. The van der Waals surface area contributed by atoms with E-state index in [1.54, 1.807) is 0 Å². The second-order valence-electron chi connectivity index (χ2n) is 7.40. The van der Waals surface area contributed by atoms with Gasteiger partial charge in [-0.25, -0.2) is 0 Å². The highest BCUT2D eigenvalue weighted by Gasteiger charge is 2.19. The zero-order valence-electron chi connectivity index (χ0n) is 15.5. The average Bonchev–Trinajstić information content (AvgIpc) is 3.18. The molecule has 0 bridgehead atoms. The maximum Gasteiger partial charge on any atom is 0.243 e. The Balaban J connectivity index is 1.42. The highest BCUT2D eigenvalue weighted by molar-refractivity contribution is 5.95. The van der Waals surface area contributed by atoms with E-state index in [9.17, 15) is 4.79 Å². The van der Waals surface area contributed by atoms with E-state index in [0.717, 1.165) is 43.7 Å². The molecule has 1 fully saturated rings. The van der Waals surface area contributed by atoms with E-state index < -0.39 is 0 Å². The standard InChI is InChI=1S/C22H27N3O/c1-17-15-19(24-12-4-5-13-24)10-11-20(17)23-22(26)16-25-14-6-8-18-7-2-3-9-21(18)25/h2-3,7,9-11,15H,4-6,8,12-14,16H2,1H3,(H,23,26). The fourth-order valence-corrected chi connectivity index (χ4v) is 4.10. The normalized spacial score (nSPS) is 16.5. The number of para-hydroxylation sites is 1. The van der Waals surface area contributed by atoms with Crippen LogP contribution < -0.4 is 15.1 Å². The molecule has 2 aliphatic rings. The fourth-order valence-electron chi connectivity index (χ4n) is 4.10. The van der Waals surface area contributed by atoms with Crippen molar-refractivity contribution in [3.05, 3.63) is 53.6 Å². The number of rotatable bonds is 4. The summed E-state index contributed by atoms with van der Waals surface area (Å²) in [4.78, 5) is 17.2. The molecule has 4 rings (SSSR count). The van der Waals surface area contributed by atoms with Gasteiger partial charge in [-0.2, -0.15) is 0 Å². The van der Waals surface area contributed by atoms with Crippen molar-refractivity contribution in [2.45, 2.75) is 32.6 Å². The van der Waals surface area contributed by atoms with Gasteiger partial charge in [0.1, 0.15) is 0 Å². The number of carbonyl (C=O) groups excluding carboxylic acids is 1. The Morgan fingerprint density at radius 1 is 1.04 bits per heavy atom. The molecule has 0 unspecified atom stereocenters. The number of hydrogen-bond donors (Lipinski definition) is 1. The van der Waals surface area contributed by atoms with Crippen LogP contribution in [-0.2, 0) is 11.2 Å². The van der Waals surface area contributed by atoms with Crippen molar-refractivity contribution in [3.8, 4) is 0 Å². The monoisotopic (exact) mass is 349 g/mol. The first kappa shape index (κ1) is 17.0. The van der Waals surface area contributed by atoms with Crippen LogP contribution in [0.1, 0.15) is 30.4 Å². The van der Waals surface area contributed by atoms with Gasteiger partial charge >= 0.3 is 0 Å². The number of anilines is 3. The first-order valence-corrected chi connectivity index (χ1v) is 9.69. The van der Waals surface area contributed by atoms with Crippen LogP contribution in [-0.4, -0.2) is 32.1 Å². The molecule has 26 heavy (non-hydrogen) atoms. The molecule has 4 heteroatoms. The number of aryl methyl sites for hydroxylation is 2. The Labute approximate surface area is 155 Å². The summed E-state index contributed by atoms with van der Waals surface area (Å²) in [6, 6.07) is 14.8. The van der Waals surface area contributed by atoms with Gasteiger partial charge in [0.05, 0.1) is 6.54 Å². The summed E-state index contributed by atoms with van der Waals surface area (Å²) in [5, 5.41) is 3.11. The van der Waals surface area contributed by atoms with Crippen molar-refractivity contribution >= 4 is 23.0 Å². The van der Waals surface area contributed by atoms with Gasteiger partial charge in [0.2, 0.25) is 5.91 Å². The Bertz CT molecular complexity index is 796. The molecule has 1 saturated heterocycles. The van der Waals surface area contributed by atoms with Crippen LogP contribution in [0.5, 0.6) is 0 Å². The van der Waals surface area contributed by atoms with Gasteiger partial charge in [0.15, 0.2) is 0 Å². The van der Waals surface area contributed by atoms with Crippen molar-refractivity contribution in [1.82, 2.24) is 0 Å². The van der Waals surface area contributed by atoms with Crippen molar-refractivity contribution in [2.75, 3.05) is 41.3 Å². The predicted molar refractivity (Wildman–Crippen MR) is 108 cm³/mol.